The zero-order valence-electron chi connectivity index (χ0n) is 18.3. The summed E-state index contributed by atoms with van der Waals surface area (Å²) >= 11 is 0. The van der Waals surface area contributed by atoms with Gasteiger partial charge in [0.15, 0.2) is 0 Å². The van der Waals surface area contributed by atoms with Crippen LogP contribution >= 0.6 is 0 Å². The molecule has 30 heavy (non-hydrogen) atoms. The van der Waals surface area contributed by atoms with Crippen LogP contribution in [0.5, 0.6) is 0 Å². The molecule has 0 bridgehead atoms. The van der Waals surface area contributed by atoms with E-state index in [2.05, 4.69) is 31.1 Å². The Balaban J connectivity index is 2.51. The molecule has 0 aliphatic carbocycles. The Labute approximate surface area is 175 Å². The van der Waals surface area contributed by atoms with E-state index in [9.17, 15) is 19.2 Å². The molecule has 0 radical (unpaired) electrons. The predicted molar refractivity (Wildman–Crippen MR) is 125 cm³/mol. The van der Waals surface area contributed by atoms with E-state index in [1.54, 1.807) is 0 Å². The van der Waals surface area contributed by atoms with Gasteiger partial charge in [-0.1, -0.05) is 52.3 Å². The van der Waals surface area contributed by atoms with Crippen molar-refractivity contribution in [2.45, 2.75) is 72.3 Å². The molecule has 0 aliphatic heterocycles. The zero-order valence-corrected chi connectivity index (χ0v) is 19.3. The minimum Gasteiger partial charge on any atom is -0.274 e. The molecule has 1 aromatic carbocycles. The van der Waals surface area contributed by atoms with Crippen molar-refractivity contribution in [3.8, 4) is 11.5 Å². The van der Waals surface area contributed by atoms with Crippen LogP contribution in [0, 0.1) is 11.5 Å². The Hall–Kier alpha value is -2.72. The van der Waals surface area contributed by atoms with Gasteiger partial charge in [-0.3, -0.25) is 28.3 Å². The highest BCUT2D eigenvalue weighted by atomic mass is 28.3. The summed E-state index contributed by atoms with van der Waals surface area (Å²) in [5.74, 6) is 3.05. The summed E-state index contributed by atoms with van der Waals surface area (Å²) in [6.07, 6.45) is 3.08. The first-order chi connectivity index (χ1) is 14.1. The molecule has 2 heterocycles. The summed E-state index contributed by atoms with van der Waals surface area (Å²) in [7, 11) is -1.84. The van der Waals surface area contributed by atoms with Gasteiger partial charge in [-0.15, -0.1) is 5.54 Å². The summed E-state index contributed by atoms with van der Waals surface area (Å²) in [5.41, 5.74) is 1.81. The lowest BCUT2D eigenvalue weighted by Gasteiger charge is -2.04. The van der Waals surface area contributed by atoms with Crippen LogP contribution < -0.4 is 22.2 Å². The van der Waals surface area contributed by atoms with Gasteiger partial charge >= 0.3 is 0 Å². The van der Waals surface area contributed by atoms with E-state index in [-0.39, 0.29) is 27.1 Å². The van der Waals surface area contributed by atoms with E-state index in [4.69, 9.17) is 0 Å². The van der Waals surface area contributed by atoms with Crippen LogP contribution in [-0.2, 0) is 13.1 Å². The average Bonchev–Trinajstić information content (AvgIpc) is 3.06. The Morgan fingerprint density at radius 2 is 1.20 bits per heavy atom. The maximum Gasteiger partial charge on any atom is 0.262 e. The summed E-state index contributed by atoms with van der Waals surface area (Å²) in [4.78, 5) is 52.2. The van der Waals surface area contributed by atoms with Gasteiger partial charge in [-0.25, -0.2) is 0 Å². The smallest absolute Gasteiger partial charge is 0.262 e. The van der Waals surface area contributed by atoms with Crippen molar-refractivity contribution < 1.29 is 0 Å². The first-order valence-corrected chi connectivity index (χ1v) is 14.1. The number of hydrogen-bond acceptors (Lipinski definition) is 4. The normalized spacial score (nSPS) is 11.9. The lowest BCUT2D eigenvalue weighted by atomic mass is 10.0. The van der Waals surface area contributed by atoms with Gasteiger partial charge in [0.2, 0.25) is 0 Å². The summed E-state index contributed by atoms with van der Waals surface area (Å²) in [5, 5.41) is 0.736. The van der Waals surface area contributed by atoms with Gasteiger partial charge in [0, 0.05) is 13.1 Å². The quantitative estimate of drug-likeness (QED) is 0.450. The van der Waals surface area contributed by atoms with E-state index in [1.807, 2.05) is 13.8 Å². The van der Waals surface area contributed by atoms with Crippen LogP contribution in [0.4, 0.5) is 0 Å². The molecule has 0 fully saturated rings. The lowest BCUT2D eigenvalue weighted by Crippen LogP contribution is -2.26. The van der Waals surface area contributed by atoms with Crippen LogP contribution in [0.2, 0.25) is 19.6 Å². The highest BCUT2D eigenvalue weighted by molar-refractivity contribution is 6.83. The third-order valence-electron chi connectivity index (χ3n) is 5.23. The topological polar surface area (TPSA) is 78.1 Å². The van der Waals surface area contributed by atoms with Gasteiger partial charge in [0.05, 0.1) is 27.1 Å². The molecule has 0 saturated heterocycles. The highest BCUT2D eigenvalue weighted by Crippen LogP contribution is 2.21. The molecule has 6 nitrogen and oxygen atoms in total. The maximum atomic E-state index is 13.1. The van der Waals surface area contributed by atoms with Crippen LogP contribution in [0.1, 0.15) is 45.1 Å². The second kappa shape index (κ2) is 8.19. The molecule has 158 valence electrons. The first-order valence-electron chi connectivity index (χ1n) is 10.6. The largest absolute Gasteiger partial charge is 0.274 e. The Kier molecular flexibility index (Phi) is 6.00. The average molecular weight is 425 g/mol. The van der Waals surface area contributed by atoms with Crippen molar-refractivity contribution in [2.75, 3.05) is 0 Å². The second-order valence-corrected chi connectivity index (χ2v) is 13.6. The second-order valence-electron chi connectivity index (χ2n) is 8.83. The third-order valence-corrected chi connectivity index (χ3v) is 6.10. The Morgan fingerprint density at radius 1 is 0.767 bits per heavy atom. The predicted octanol–water partition coefficient (Wildman–Crippen LogP) is 2.74. The standard InChI is InChI=1S/C23H28N2O4Si/c1-6-8-11-24-20(26)16-14-17-19(23(29)25(21(17)27)12-9-7-2)15(18(16)22(24)28)10-13-30(3,4)5/h14H,6-9,11-12H2,1-5H3. The van der Waals surface area contributed by atoms with Crippen LogP contribution in [0.15, 0.2) is 25.2 Å². The number of benzene rings is 1. The molecule has 2 aromatic heterocycles. The van der Waals surface area contributed by atoms with Gasteiger partial charge in [-0.05, 0) is 18.9 Å². The Morgan fingerprint density at radius 3 is 1.57 bits per heavy atom. The van der Waals surface area contributed by atoms with Crippen molar-refractivity contribution in [1.82, 2.24) is 9.13 Å². The van der Waals surface area contributed by atoms with Gasteiger partial charge < -0.3 is 0 Å². The highest BCUT2D eigenvalue weighted by Gasteiger charge is 2.24. The fourth-order valence-electron chi connectivity index (χ4n) is 3.62. The summed E-state index contributed by atoms with van der Waals surface area (Å²) in [6, 6.07) is 1.43. The monoisotopic (exact) mass is 424 g/mol. The number of rotatable bonds is 6. The molecule has 0 N–H and O–H groups in total. The van der Waals surface area contributed by atoms with E-state index in [0.717, 1.165) is 12.8 Å². The fraction of sp³-hybridized carbons (Fsp3) is 0.478. The maximum absolute atomic E-state index is 13.1. The molecule has 0 saturated carbocycles. The molecule has 0 amide bonds. The Bertz CT molecular complexity index is 1300. The van der Waals surface area contributed by atoms with E-state index < -0.39 is 30.3 Å². The minimum absolute atomic E-state index is 0.180. The molecular weight excluding hydrogens is 396 g/mol. The molecule has 0 spiro atoms. The summed E-state index contributed by atoms with van der Waals surface area (Å²) < 4.78 is 2.43. The van der Waals surface area contributed by atoms with Gasteiger partial charge in [0.1, 0.15) is 8.07 Å². The number of aromatic nitrogens is 2. The van der Waals surface area contributed by atoms with Crippen molar-refractivity contribution >= 4 is 29.6 Å². The number of hydrogen-bond donors (Lipinski definition) is 0. The van der Waals surface area contributed by atoms with Crippen LogP contribution in [0.3, 0.4) is 0 Å². The first kappa shape index (κ1) is 22.0. The molecule has 7 heteroatoms. The van der Waals surface area contributed by atoms with Gasteiger partial charge in [0.25, 0.3) is 22.2 Å². The number of unbranched alkanes of at least 4 members (excludes halogenated alkanes) is 2. The minimum atomic E-state index is -1.84. The lowest BCUT2D eigenvalue weighted by molar-refractivity contribution is 0.608. The van der Waals surface area contributed by atoms with Crippen LogP contribution in [-0.4, -0.2) is 17.2 Å². The zero-order chi connectivity index (χ0) is 22.2. The molecule has 3 rings (SSSR count). The van der Waals surface area contributed by atoms with Crippen LogP contribution in [0.25, 0.3) is 21.5 Å². The molecule has 0 aliphatic rings. The summed E-state index contributed by atoms with van der Waals surface area (Å²) in [6.45, 7) is 10.8. The van der Waals surface area contributed by atoms with Crippen molar-refractivity contribution in [3.05, 3.63) is 53.0 Å². The van der Waals surface area contributed by atoms with E-state index >= 15 is 0 Å². The number of fused-ring (bicyclic) bond motifs is 2. The van der Waals surface area contributed by atoms with Crippen molar-refractivity contribution in [1.29, 1.82) is 0 Å². The molecule has 3 aromatic rings. The SMILES string of the molecule is CCCCn1c(=O)c2cc3c(=O)n(CCCC)c(=O)c3c(C#C[Si](C)(C)C)c2c1=O. The van der Waals surface area contributed by atoms with Crippen molar-refractivity contribution in [2.24, 2.45) is 0 Å². The third kappa shape index (κ3) is 3.72. The van der Waals surface area contributed by atoms with E-state index in [1.165, 1.54) is 15.2 Å². The number of nitrogens with zero attached hydrogens (tertiary/aromatic N) is 2. The fourth-order valence-corrected chi connectivity index (χ4v) is 4.12. The van der Waals surface area contributed by atoms with E-state index in [0.29, 0.717) is 25.9 Å². The molecular formula is C23H28N2O4Si. The molecule has 0 atom stereocenters. The van der Waals surface area contributed by atoms with Gasteiger partial charge in [-0.2, -0.15) is 0 Å². The molecule has 0 unspecified atom stereocenters. The van der Waals surface area contributed by atoms with Crippen molar-refractivity contribution in [3.63, 3.8) is 0 Å².